The minimum atomic E-state index is 0.382. The number of imidazole rings is 1. The Kier molecular flexibility index (Phi) is 9.00. The van der Waals surface area contributed by atoms with Crippen LogP contribution in [-0.2, 0) is 9.47 Å². The second kappa shape index (κ2) is 11.5. The van der Waals surface area contributed by atoms with Crippen LogP contribution in [0.2, 0.25) is 0 Å². The summed E-state index contributed by atoms with van der Waals surface area (Å²) in [6.07, 6.45) is 15.7. The molecule has 0 unspecified atom stereocenters. The molecule has 0 N–H and O–H groups in total. The maximum absolute atomic E-state index is 6.04. The summed E-state index contributed by atoms with van der Waals surface area (Å²) in [5.41, 5.74) is 4.08. The van der Waals surface area contributed by atoms with Gasteiger partial charge in [0.2, 0.25) is 0 Å². The van der Waals surface area contributed by atoms with Gasteiger partial charge in [0.25, 0.3) is 0 Å². The Hall–Kier alpha value is -2.53. The van der Waals surface area contributed by atoms with Gasteiger partial charge in [0, 0.05) is 37.1 Å². The average Bonchev–Trinajstić information content (AvgIpc) is 3.20. The van der Waals surface area contributed by atoms with Gasteiger partial charge in [-0.2, -0.15) is 0 Å². The van der Waals surface area contributed by atoms with Crippen LogP contribution >= 0.6 is 11.6 Å². The summed E-state index contributed by atoms with van der Waals surface area (Å²) in [6.45, 7) is 5.86. The van der Waals surface area contributed by atoms with E-state index in [2.05, 4.69) is 39.4 Å². The van der Waals surface area contributed by atoms with Crippen molar-refractivity contribution in [3.8, 4) is 0 Å². The third-order valence-corrected chi connectivity index (χ3v) is 5.04. The van der Waals surface area contributed by atoms with E-state index in [1.165, 1.54) is 0 Å². The van der Waals surface area contributed by atoms with Crippen molar-refractivity contribution in [3.63, 3.8) is 0 Å². The van der Waals surface area contributed by atoms with Crippen LogP contribution in [0, 0.1) is 0 Å². The molecule has 5 nitrogen and oxygen atoms in total. The Morgan fingerprint density at radius 3 is 2.83 bits per heavy atom. The highest BCUT2D eigenvalue weighted by Gasteiger charge is 2.18. The first-order valence-electron chi connectivity index (χ1n) is 9.65. The van der Waals surface area contributed by atoms with E-state index in [1.807, 2.05) is 25.4 Å². The van der Waals surface area contributed by atoms with E-state index in [9.17, 15) is 0 Å². The Morgan fingerprint density at radius 2 is 2.17 bits per heavy atom. The summed E-state index contributed by atoms with van der Waals surface area (Å²) in [7, 11) is 5.07. The standard InChI is InChI=1S/C23H30ClN3O2/c1-17(28-4)10-11-19(14-18(2)29-5)22-9-7-6-8-21(15-20(16-24)25-3)27-13-12-26-23(22)27/h9,11-15H,1,6-8,10,16H2,2-5H3/b18-14+,19-11+,21-15+,22-9-,25-20+. The molecule has 1 aliphatic heterocycles. The summed E-state index contributed by atoms with van der Waals surface area (Å²) in [5.74, 6) is 2.79. The van der Waals surface area contributed by atoms with Crippen LogP contribution in [0.3, 0.4) is 0 Å². The number of hydrogen-bond acceptors (Lipinski definition) is 4. The lowest BCUT2D eigenvalue weighted by Gasteiger charge is -2.19. The molecule has 6 heteroatoms. The zero-order valence-electron chi connectivity index (χ0n) is 17.7. The number of allylic oxidation sites excluding steroid dienone is 8. The number of halogens is 1. The number of fused-ring (bicyclic) bond motifs is 1. The number of alkyl halides is 1. The van der Waals surface area contributed by atoms with E-state index in [1.54, 1.807) is 21.3 Å². The summed E-state index contributed by atoms with van der Waals surface area (Å²) >= 11 is 6.04. The Morgan fingerprint density at radius 1 is 1.38 bits per heavy atom. The molecule has 2 rings (SSSR count). The van der Waals surface area contributed by atoms with Crippen molar-refractivity contribution < 1.29 is 9.47 Å². The molecule has 0 saturated heterocycles. The van der Waals surface area contributed by atoms with Crippen LogP contribution in [0.1, 0.15) is 38.4 Å². The third kappa shape index (κ3) is 6.23. The smallest absolute Gasteiger partial charge is 0.144 e. The van der Waals surface area contributed by atoms with Crippen molar-refractivity contribution in [3.05, 3.63) is 66.2 Å². The maximum atomic E-state index is 6.04. The molecule has 0 saturated carbocycles. The van der Waals surface area contributed by atoms with Crippen molar-refractivity contribution in [1.82, 2.24) is 9.55 Å². The zero-order valence-corrected chi connectivity index (χ0v) is 18.5. The first-order chi connectivity index (χ1) is 14.0. The van der Waals surface area contributed by atoms with Crippen LogP contribution in [0.15, 0.2) is 65.4 Å². The maximum Gasteiger partial charge on any atom is 0.144 e. The fourth-order valence-corrected chi connectivity index (χ4v) is 3.25. The monoisotopic (exact) mass is 415 g/mol. The number of hydrogen-bond donors (Lipinski definition) is 0. The van der Waals surface area contributed by atoms with E-state index in [0.29, 0.717) is 18.1 Å². The van der Waals surface area contributed by atoms with Crippen molar-refractivity contribution in [1.29, 1.82) is 0 Å². The number of ether oxygens (including phenoxy) is 2. The molecule has 0 radical (unpaired) electrons. The summed E-state index contributed by atoms with van der Waals surface area (Å²) in [6, 6.07) is 0. The van der Waals surface area contributed by atoms with E-state index in [0.717, 1.165) is 53.4 Å². The second-order valence-corrected chi connectivity index (χ2v) is 6.95. The minimum Gasteiger partial charge on any atom is -0.501 e. The highest BCUT2D eigenvalue weighted by atomic mass is 35.5. The van der Waals surface area contributed by atoms with Crippen molar-refractivity contribution >= 4 is 28.6 Å². The van der Waals surface area contributed by atoms with Crippen LogP contribution in [0.5, 0.6) is 0 Å². The van der Waals surface area contributed by atoms with Crippen molar-refractivity contribution in [2.24, 2.45) is 4.99 Å². The number of aromatic nitrogens is 2. The van der Waals surface area contributed by atoms with Crippen molar-refractivity contribution in [2.75, 3.05) is 27.1 Å². The van der Waals surface area contributed by atoms with Gasteiger partial charge in [-0.3, -0.25) is 4.99 Å². The summed E-state index contributed by atoms with van der Waals surface area (Å²) in [4.78, 5) is 8.94. The predicted molar refractivity (Wildman–Crippen MR) is 122 cm³/mol. The molecule has 1 aliphatic rings. The highest BCUT2D eigenvalue weighted by molar-refractivity contribution is 6.31. The molecule has 0 fully saturated rings. The summed E-state index contributed by atoms with van der Waals surface area (Å²) < 4.78 is 12.8. The first kappa shape index (κ1) is 22.8. The SMILES string of the molecule is C=C(C/C=C(\C=C(/C)OC)C1=C/CCC/C(=C\C(CCl)=N/C)n2ccnc2\1)OC. The van der Waals surface area contributed by atoms with Gasteiger partial charge in [-0.1, -0.05) is 18.7 Å². The number of nitrogens with zero attached hydrogens (tertiary/aromatic N) is 3. The number of rotatable bonds is 8. The van der Waals surface area contributed by atoms with Gasteiger partial charge < -0.3 is 14.0 Å². The molecular formula is C23H30ClN3O2. The lowest BCUT2D eigenvalue weighted by atomic mass is 9.98. The predicted octanol–water partition coefficient (Wildman–Crippen LogP) is 5.63. The van der Waals surface area contributed by atoms with Gasteiger partial charge in [0.1, 0.15) is 5.82 Å². The average molecular weight is 416 g/mol. The quantitative estimate of drug-likeness (QED) is 0.239. The Labute approximate surface area is 178 Å². The molecule has 1 aromatic rings. The van der Waals surface area contributed by atoms with Crippen molar-refractivity contribution in [2.45, 2.75) is 32.6 Å². The molecule has 0 spiro atoms. The molecule has 0 bridgehead atoms. The fourth-order valence-electron chi connectivity index (χ4n) is 3.05. The van der Waals surface area contributed by atoms with Crippen LogP contribution in [0.4, 0.5) is 0 Å². The number of aliphatic imine (C=N–C) groups is 1. The lowest BCUT2D eigenvalue weighted by Crippen LogP contribution is -2.08. The van der Waals surface area contributed by atoms with Gasteiger partial charge >= 0.3 is 0 Å². The van der Waals surface area contributed by atoms with E-state index < -0.39 is 0 Å². The van der Waals surface area contributed by atoms with Gasteiger partial charge in [-0.25, -0.2) is 4.98 Å². The Bertz CT molecular complexity index is 872. The van der Waals surface area contributed by atoms with Crippen LogP contribution in [0.25, 0.3) is 11.3 Å². The molecule has 0 aliphatic carbocycles. The fraction of sp³-hybridized carbons (Fsp3) is 0.391. The molecule has 29 heavy (non-hydrogen) atoms. The Balaban J connectivity index is 2.57. The first-order valence-corrected chi connectivity index (χ1v) is 10.2. The largest absolute Gasteiger partial charge is 0.501 e. The molecule has 156 valence electrons. The van der Waals surface area contributed by atoms with Crippen LogP contribution in [-0.4, -0.2) is 42.4 Å². The molecule has 0 atom stereocenters. The lowest BCUT2D eigenvalue weighted by molar-refractivity contribution is 0.286. The van der Waals surface area contributed by atoms with Gasteiger partial charge in [0.15, 0.2) is 0 Å². The summed E-state index contributed by atoms with van der Waals surface area (Å²) in [5, 5.41) is 0. The third-order valence-electron chi connectivity index (χ3n) is 4.76. The van der Waals surface area contributed by atoms with E-state index in [4.69, 9.17) is 21.1 Å². The highest BCUT2D eigenvalue weighted by Crippen LogP contribution is 2.31. The van der Waals surface area contributed by atoms with Gasteiger partial charge in [-0.15, -0.1) is 11.6 Å². The van der Waals surface area contributed by atoms with Gasteiger partial charge in [-0.05, 0) is 43.9 Å². The van der Waals surface area contributed by atoms with E-state index >= 15 is 0 Å². The molecule has 0 amide bonds. The second-order valence-electron chi connectivity index (χ2n) is 6.68. The molecule has 2 heterocycles. The van der Waals surface area contributed by atoms with Gasteiger partial charge in [0.05, 0.1) is 37.3 Å². The number of methoxy groups -OCH3 is 2. The molecular weight excluding hydrogens is 386 g/mol. The van der Waals surface area contributed by atoms with Crippen LogP contribution < -0.4 is 0 Å². The molecule has 1 aromatic heterocycles. The van der Waals surface area contributed by atoms with E-state index in [-0.39, 0.29) is 0 Å². The molecule has 0 aromatic carbocycles. The topological polar surface area (TPSA) is 48.6 Å². The zero-order chi connectivity index (χ0) is 21.2. The normalized spacial score (nSPS) is 19.1. The minimum absolute atomic E-state index is 0.382.